The minimum Gasteiger partial charge on any atom is -0.478 e. The molecule has 5 nitrogen and oxygen atoms in total. The second kappa shape index (κ2) is 3.26. The van der Waals surface area contributed by atoms with Crippen LogP contribution in [-0.4, -0.2) is 27.6 Å². The van der Waals surface area contributed by atoms with Gasteiger partial charge in [-0.05, 0) is 13.8 Å². The Kier molecular flexibility index (Phi) is 2.47. The maximum absolute atomic E-state index is 9.50. The van der Waals surface area contributed by atoms with Gasteiger partial charge in [0.1, 0.15) is 5.69 Å². The first-order valence-corrected chi connectivity index (χ1v) is 4.01. The van der Waals surface area contributed by atoms with Crippen molar-refractivity contribution in [1.82, 2.24) is 9.78 Å². The van der Waals surface area contributed by atoms with Crippen LogP contribution in [0.3, 0.4) is 0 Å². The summed E-state index contributed by atoms with van der Waals surface area (Å²) < 4.78 is 6.47. The zero-order valence-electron chi connectivity index (χ0n) is 8.11. The third-order valence-electron chi connectivity index (χ3n) is 1.50. The van der Waals surface area contributed by atoms with Gasteiger partial charge in [0.15, 0.2) is 0 Å². The Hall–Kier alpha value is -1.23. The summed E-state index contributed by atoms with van der Waals surface area (Å²) in [5.41, 5.74) is 5.26. The van der Waals surface area contributed by atoms with Crippen LogP contribution in [0.15, 0.2) is 6.20 Å². The minimum absolute atomic E-state index is 0.389. The van der Waals surface area contributed by atoms with Gasteiger partial charge in [-0.2, -0.15) is 0 Å². The highest BCUT2D eigenvalue weighted by atomic mass is 16.5. The number of nitrogen functional groups attached to an aromatic ring is 1. The number of nitrogens with zero attached hydrogens (tertiary/aromatic N) is 2. The molecule has 1 rings (SSSR count). The summed E-state index contributed by atoms with van der Waals surface area (Å²) >= 11 is 0. The molecule has 0 spiro atoms. The van der Waals surface area contributed by atoms with Crippen molar-refractivity contribution in [3.8, 4) is 5.88 Å². The van der Waals surface area contributed by atoms with Crippen molar-refractivity contribution in [1.29, 1.82) is 0 Å². The molecule has 1 aromatic heterocycles. The Morgan fingerprint density at radius 2 is 2.31 bits per heavy atom. The van der Waals surface area contributed by atoms with Gasteiger partial charge in [0.05, 0.1) is 25.5 Å². The van der Waals surface area contributed by atoms with Crippen LogP contribution in [0.1, 0.15) is 13.8 Å². The fourth-order valence-corrected chi connectivity index (χ4v) is 1.06. The minimum atomic E-state index is -0.802. The van der Waals surface area contributed by atoms with Crippen LogP contribution in [0.4, 0.5) is 5.69 Å². The maximum Gasteiger partial charge on any atom is 0.256 e. The molecule has 1 heterocycles. The Morgan fingerprint density at radius 1 is 1.69 bits per heavy atom. The van der Waals surface area contributed by atoms with Gasteiger partial charge in [-0.1, -0.05) is 0 Å². The molecule has 0 fully saturated rings. The molecule has 0 saturated heterocycles. The third-order valence-corrected chi connectivity index (χ3v) is 1.50. The molecule has 0 atom stereocenters. The fourth-order valence-electron chi connectivity index (χ4n) is 1.06. The lowest BCUT2D eigenvalue weighted by atomic mass is 10.1. The van der Waals surface area contributed by atoms with Crippen molar-refractivity contribution in [2.45, 2.75) is 26.0 Å². The maximum atomic E-state index is 9.50. The lowest BCUT2D eigenvalue weighted by molar-refractivity contribution is 0.0574. The van der Waals surface area contributed by atoms with E-state index in [0.717, 1.165) is 0 Å². The van der Waals surface area contributed by atoms with Gasteiger partial charge >= 0.3 is 0 Å². The first-order chi connectivity index (χ1) is 5.92. The Bertz CT molecular complexity index is 288. The Morgan fingerprint density at radius 3 is 2.69 bits per heavy atom. The summed E-state index contributed by atoms with van der Waals surface area (Å²) in [5.74, 6) is 0.393. The van der Waals surface area contributed by atoms with E-state index in [1.807, 2.05) is 0 Å². The predicted octanol–water partition coefficient (Wildman–Crippen LogP) is 0.245. The zero-order chi connectivity index (χ0) is 10.1. The number of nitrogens with two attached hydrogens (primary N) is 1. The van der Waals surface area contributed by atoms with E-state index < -0.39 is 5.60 Å². The molecular formula is C8H15N3O2. The smallest absolute Gasteiger partial charge is 0.256 e. The predicted molar refractivity (Wildman–Crippen MR) is 49.5 cm³/mol. The van der Waals surface area contributed by atoms with E-state index in [2.05, 4.69) is 5.10 Å². The van der Waals surface area contributed by atoms with Gasteiger partial charge in [0.25, 0.3) is 5.88 Å². The quantitative estimate of drug-likeness (QED) is 0.707. The van der Waals surface area contributed by atoms with Gasteiger partial charge in [0.2, 0.25) is 0 Å². The summed E-state index contributed by atoms with van der Waals surface area (Å²) in [6, 6.07) is 0. The second-order valence-electron chi connectivity index (χ2n) is 3.60. The van der Waals surface area contributed by atoms with Crippen LogP contribution in [0.5, 0.6) is 5.88 Å². The molecule has 0 aromatic carbocycles. The SMILES string of the molecule is COc1nn(CC(C)(C)O)cc1N. The first kappa shape index (κ1) is 9.85. The molecule has 5 heteroatoms. The number of methoxy groups -OCH3 is 1. The summed E-state index contributed by atoms with van der Waals surface area (Å²) in [6.07, 6.45) is 1.64. The highest BCUT2D eigenvalue weighted by Gasteiger charge is 2.15. The fraction of sp³-hybridized carbons (Fsp3) is 0.625. The number of hydrogen-bond acceptors (Lipinski definition) is 4. The van der Waals surface area contributed by atoms with Crippen molar-refractivity contribution in [3.63, 3.8) is 0 Å². The van der Waals surface area contributed by atoms with Crippen LogP contribution >= 0.6 is 0 Å². The molecule has 0 aliphatic rings. The standard InChI is InChI=1S/C8H15N3O2/c1-8(2,12)5-11-4-6(9)7(10-11)13-3/h4,12H,5,9H2,1-3H3. The lowest BCUT2D eigenvalue weighted by Crippen LogP contribution is -2.26. The summed E-state index contributed by atoms with van der Waals surface area (Å²) in [5, 5.41) is 13.5. The normalized spacial score (nSPS) is 11.7. The third kappa shape index (κ3) is 2.62. The lowest BCUT2D eigenvalue weighted by Gasteiger charge is -2.16. The largest absolute Gasteiger partial charge is 0.478 e. The monoisotopic (exact) mass is 185 g/mol. The first-order valence-electron chi connectivity index (χ1n) is 4.01. The summed E-state index contributed by atoms with van der Waals surface area (Å²) in [7, 11) is 1.51. The Labute approximate surface area is 77.1 Å². The van der Waals surface area contributed by atoms with Gasteiger partial charge in [-0.3, -0.25) is 4.68 Å². The molecule has 74 valence electrons. The van der Waals surface area contributed by atoms with Gasteiger partial charge in [-0.25, -0.2) is 0 Å². The van der Waals surface area contributed by atoms with Crippen molar-refractivity contribution in [2.75, 3.05) is 12.8 Å². The number of hydrogen-bond donors (Lipinski definition) is 2. The average molecular weight is 185 g/mol. The topological polar surface area (TPSA) is 73.3 Å². The summed E-state index contributed by atoms with van der Waals surface area (Å²) in [6.45, 7) is 3.80. The number of ether oxygens (including phenoxy) is 1. The van der Waals surface area contributed by atoms with E-state index in [1.54, 1.807) is 24.7 Å². The number of rotatable bonds is 3. The molecule has 0 bridgehead atoms. The number of anilines is 1. The van der Waals surface area contributed by atoms with Gasteiger partial charge < -0.3 is 15.6 Å². The molecule has 13 heavy (non-hydrogen) atoms. The molecule has 0 aliphatic carbocycles. The van der Waals surface area contributed by atoms with E-state index in [0.29, 0.717) is 18.1 Å². The van der Waals surface area contributed by atoms with Crippen LogP contribution in [0, 0.1) is 0 Å². The molecule has 0 saturated carbocycles. The van der Waals surface area contributed by atoms with E-state index in [4.69, 9.17) is 10.5 Å². The van der Waals surface area contributed by atoms with Crippen LogP contribution in [0.25, 0.3) is 0 Å². The van der Waals surface area contributed by atoms with E-state index in [1.165, 1.54) is 7.11 Å². The van der Waals surface area contributed by atoms with Crippen LogP contribution < -0.4 is 10.5 Å². The highest BCUT2D eigenvalue weighted by molar-refractivity contribution is 5.45. The van der Waals surface area contributed by atoms with Crippen molar-refractivity contribution < 1.29 is 9.84 Å². The molecule has 0 unspecified atom stereocenters. The average Bonchev–Trinajstić information content (AvgIpc) is 2.26. The van der Waals surface area contributed by atoms with Crippen molar-refractivity contribution in [3.05, 3.63) is 6.20 Å². The zero-order valence-corrected chi connectivity index (χ0v) is 8.11. The Balaban J connectivity index is 2.80. The molecule has 0 radical (unpaired) electrons. The van der Waals surface area contributed by atoms with Gasteiger partial charge in [0, 0.05) is 0 Å². The van der Waals surface area contributed by atoms with Crippen LogP contribution in [-0.2, 0) is 6.54 Å². The number of aliphatic hydroxyl groups is 1. The van der Waals surface area contributed by atoms with E-state index >= 15 is 0 Å². The molecule has 1 aromatic rings. The highest BCUT2D eigenvalue weighted by Crippen LogP contribution is 2.18. The van der Waals surface area contributed by atoms with E-state index in [9.17, 15) is 5.11 Å². The number of aromatic nitrogens is 2. The van der Waals surface area contributed by atoms with E-state index in [-0.39, 0.29) is 0 Å². The molecule has 3 N–H and O–H groups in total. The van der Waals surface area contributed by atoms with Crippen molar-refractivity contribution >= 4 is 5.69 Å². The van der Waals surface area contributed by atoms with Gasteiger partial charge in [-0.15, -0.1) is 5.10 Å². The van der Waals surface area contributed by atoms with Crippen LogP contribution in [0.2, 0.25) is 0 Å². The summed E-state index contributed by atoms with van der Waals surface area (Å²) in [4.78, 5) is 0. The van der Waals surface area contributed by atoms with Crippen molar-refractivity contribution in [2.24, 2.45) is 0 Å². The second-order valence-corrected chi connectivity index (χ2v) is 3.60. The molecule has 0 amide bonds. The molecule has 0 aliphatic heterocycles. The molecular weight excluding hydrogens is 170 g/mol.